The number of aromatic hydroxyl groups is 1. The first kappa shape index (κ1) is 20.6. The molecule has 1 aromatic carbocycles. The Hall–Kier alpha value is -3.16. The number of thiophene rings is 1. The molecule has 2 amide bonds. The van der Waals surface area contributed by atoms with Gasteiger partial charge in [0.05, 0.1) is 0 Å². The first-order chi connectivity index (χ1) is 14.0. The first-order valence-corrected chi connectivity index (χ1v) is 9.96. The molecule has 3 N–H and O–H groups in total. The van der Waals surface area contributed by atoms with E-state index in [0.717, 1.165) is 15.3 Å². The number of hydrogen-bond acceptors (Lipinski definition) is 5. The van der Waals surface area contributed by atoms with Crippen molar-refractivity contribution in [1.29, 1.82) is 0 Å². The molecule has 0 aliphatic heterocycles. The number of rotatable bonds is 7. The number of halogens is 1. The molecule has 2 aromatic heterocycles. The maximum Gasteiger partial charge on any atom is 0.273 e. The van der Waals surface area contributed by atoms with Crippen LogP contribution in [0, 0.1) is 0 Å². The number of nitrogens with one attached hydrogen (secondary N) is 2. The lowest BCUT2D eigenvalue weighted by atomic mass is 10.2. The number of carbonyl (C=O) groups is 2. The quantitative estimate of drug-likeness (QED) is 0.396. The maximum atomic E-state index is 11.9. The molecule has 0 saturated carbocycles. The van der Waals surface area contributed by atoms with Gasteiger partial charge in [-0.05, 0) is 48.0 Å². The summed E-state index contributed by atoms with van der Waals surface area (Å²) < 4.78 is 0. The van der Waals surface area contributed by atoms with E-state index in [1.807, 2.05) is 36.4 Å². The van der Waals surface area contributed by atoms with Crippen LogP contribution in [0.25, 0.3) is 16.5 Å². The monoisotopic (exact) mass is 427 g/mol. The van der Waals surface area contributed by atoms with Crippen LogP contribution in [-0.2, 0) is 4.79 Å². The van der Waals surface area contributed by atoms with Gasteiger partial charge in [-0.1, -0.05) is 23.7 Å². The van der Waals surface area contributed by atoms with E-state index in [1.165, 1.54) is 24.4 Å². The fourth-order valence-corrected chi connectivity index (χ4v) is 3.57. The van der Waals surface area contributed by atoms with Gasteiger partial charge in [0, 0.05) is 40.1 Å². The van der Waals surface area contributed by atoms with Crippen molar-refractivity contribution >= 4 is 40.8 Å². The molecule has 2 heterocycles. The minimum absolute atomic E-state index is 0.0491. The number of pyridine rings is 1. The molecule has 3 rings (SSSR count). The van der Waals surface area contributed by atoms with Crippen LogP contribution < -0.4 is 10.6 Å². The SMILES string of the molecule is O=C(C=Cc1ccc(-c2cccc(Cl)c2)s1)NCCNC(=O)c1ncccc1O. The summed E-state index contributed by atoms with van der Waals surface area (Å²) >= 11 is 7.58. The van der Waals surface area contributed by atoms with Gasteiger partial charge in [-0.15, -0.1) is 11.3 Å². The van der Waals surface area contributed by atoms with Crippen molar-refractivity contribution in [2.45, 2.75) is 0 Å². The Balaban J connectivity index is 1.44. The molecule has 0 saturated heterocycles. The van der Waals surface area contributed by atoms with E-state index < -0.39 is 5.91 Å². The summed E-state index contributed by atoms with van der Waals surface area (Å²) in [5.41, 5.74) is 0.980. The van der Waals surface area contributed by atoms with Crippen LogP contribution >= 0.6 is 22.9 Å². The Bertz CT molecular complexity index is 1050. The summed E-state index contributed by atoms with van der Waals surface area (Å²) in [6.07, 6.45) is 4.60. The summed E-state index contributed by atoms with van der Waals surface area (Å²) in [5.74, 6) is -0.956. The van der Waals surface area contributed by atoms with Crippen LogP contribution in [0.1, 0.15) is 15.4 Å². The second kappa shape index (κ2) is 9.86. The zero-order valence-corrected chi connectivity index (χ0v) is 16.8. The highest BCUT2D eigenvalue weighted by Gasteiger charge is 2.11. The van der Waals surface area contributed by atoms with Gasteiger partial charge in [0.25, 0.3) is 5.91 Å². The third kappa shape index (κ3) is 5.91. The molecule has 0 fully saturated rings. The van der Waals surface area contributed by atoms with Crippen LogP contribution in [0.15, 0.2) is 60.8 Å². The molecule has 0 radical (unpaired) electrons. The van der Waals surface area contributed by atoms with Gasteiger partial charge in [0.2, 0.25) is 5.91 Å². The number of hydrogen-bond donors (Lipinski definition) is 3. The normalized spacial score (nSPS) is 10.8. The van der Waals surface area contributed by atoms with Crippen LogP contribution in [0.3, 0.4) is 0 Å². The lowest BCUT2D eigenvalue weighted by molar-refractivity contribution is -0.116. The Morgan fingerprint density at radius 1 is 1.10 bits per heavy atom. The van der Waals surface area contributed by atoms with Crippen molar-refractivity contribution in [3.05, 3.63) is 76.4 Å². The number of benzene rings is 1. The van der Waals surface area contributed by atoms with E-state index >= 15 is 0 Å². The standard InChI is InChI=1S/C21H18ClN3O3S/c22-15-4-1-3-14(13-15)18-8-6-16(29-18)7-9-19(27)23-11-12-25-21(28)20-17(26)5-2-10-24-20/h1-10,13,26H,11-12H2,(H,23,27)(H,25,28). The van der Waals surface area contributed by atoms with Crippen molar-refractivity contribution in [1.82, 2.24) is 15.6 Å². The van der Waals surface area contributed by atoms with E-state index in [9.17, 15) is 14.7 Å². The number of amides is 2. The summed E-state index contributed by atoms with van der Waals surface area (Å²) in [6, 6.07) is 14.4. The van der Waals surface area contributed by atoms with E-state index in [2.05, 4.69) is 15.6 Å². The highest BCUT2D eigenvalue weighted by molar-refractivity contribution is 7.16. The predicted molar refractivity (Wildman–Crippen MR) is 115 cm³/mol. The zero-order valence-electron chi connectivity index (χ0n) is 15.3. The first-order valence-electron chi connectivity index (χ1n) is 8.77. The molecular formula is C21H18ClN3O3S. The second-order valence-electron chi connectivity index (χ2n) is 5.96. The minimum atomic E-state index is -0.500. The fraction of sp³-hybridized carbons (Fsp3) is 0.0952. The Labute approximate surface area is 176 Å². The average molecular weight is 428 g/mol. The summed E-state index contributed by atoms with van der Waals surface area (Å²) in [4.78, 5) is 29.6. The Morgan fingerprint density at radius 2 is 1.93 bits per heavy atom. The van der Waals surface area contributed by atoms with Crippen molar-refractivity contribution in [3.63, 3.8) is 0 Å². The zero-order chi connectivity index (χ0) is 20.6. The van der Waals surface area contributed by atoms with E-state index in [1.54, 1.807) is 17.4 Å². The molecule has 3 aromatic rings. The van der Waals surface area contributed by atoms with E-state index in [4.69, 9.17) is 11.6 Å². The van der Waals surface area contributed by atoms with Gasteiger partial charge in [-0.2, -0.15) is 0 Å². The lowest BCUT2D eigenvalue weighted by Crippen LogP contribution is -2.34. The van der Waals surface area contributed by atoms with Gasteiger partial charge in [0.15, 0.2) is 5.69 Å². The third-order valence-electron chi connectivity index (χ3n) is 3.85. The molecule has 6 nitrogen and oxygen atoms in total. The topological polar surface area (TPSA) is 91.3 Å². The molecule has 0 atom stereocenters. The maximum absolute atomic E-state index is 11.9. The number of aromatic nitrogens is 1. The molecule has 0 aliphatic rings. The van der Waals surface area contributed by atoms with Crippen LogP contribution in [-0.4, -0.2) is 35.0 Å². The molecule has 0 unspecified atom stereocenters. The summed E-state index contributed by atoms with van der Waals surface area (Å²) in [7, 11) is 0. The van der Waals surface area contributed by atoms with Crippen LogP contribution in [0.5, 0.6) is 5.75 Å². The van der Waals surface area contributed by atoms with Crippen molar-refractivity contribution < 1.29 is 14.7 Å². The van der Waals surface area contributed by atoms with Gasteiger partial charge in [-0.3, -0.25) is 9.59 Å². The average Bonchev–Trinajstić information content (AvgIpc) is 3.19. The fourth-order valence-electron chi connectivity index (χ4n) is 2.47. The number of nitrogens with zero attached hydrogens (tertiary/aromatic N) is 1. The molecule has 148 valence electrons. The highest BCUT2D eigenvalue weighted by atomic mass is 35.5. The Kier molecular flexibility index (Phi) is 6.99. The third-order valence-corrected chi connectivity index (χ3v) is 5.18. The van der Waals surface area contributed by atoms with E-state index in [-0.39, 0.29) is 30.4 Å². The molecule has 0 aliphatic carbocycles. The van der Waals surface area contributed by atoms with Crippen LogP contribution in [0.2, 0.25) is 5.02 Å². The van der Waals surface area contributed by atoms with Crippen molar-refractivity contribution in [2.24, 2.45) is 0 Å². The summed E-state index contributed by atoms with van der Waals surface area (Å²) in [6.45, 7) is 0.465. The summed E-state index contributed by atoms with van der Waals surface area (Å²) in [5, 5.41) is 15.5. The Morgan fingerprint density at radius 3 is 2.72 bits per heavy atom. The second-order valence-corrected chi connectivity index (χ2v) is 7.52. The predicted octanol–water partition coefficient (Wildman–Crippen LogP) is 3.73. The van der Waals surface area contributed by atoms with Gasteiger partial charge in [0.1, 0.15) is 5.75 Å². The molecular weight excluding hydrogens is 410 g/mol. The van der Waals surface area contributed by atoms with Gasteiger partial charge < -0.3 is 15.7 Å². The van der Waals surface area contributed by atoms with Gasteiger partial charge >= 0.3 is 0 Å². The van der Waals surface area contributed by atoms with Crippen molar-refractivity contribution in [3.8, 4) is 16.2 Å². The molecule has 29 heavy (non-hydrogen) atoms. The molecule has 0 spiro atoms. The van der Waals surface area contributed by atoms with Crippen LogP contribution in [0.4, 0.5) is 0 Å². The highest BCUT2D eigenvalue weighted by Crippen LogP contribution is 2.30. The van der Waals surface area contributed by atoms with Crippen molar-refractivity contribution in [2.75, 3.05) is 13.1 Å². The smallest absolute Gasteiger partial charge is 0.273 e. The largest absolute Gasteiger partial charge is 0.505 e. The minimum Gasteiger partial charge on any atom is -0.505 e. The molecule has 0 bridgehead atoms. The lowest BCUT2D eigenvalue weighted by Gasteiger charge is -2.06. The van der Waals surface area contributed by atoms with Gasteiger partial charge in [-0.25, -0.2) is 4.98 Å². The van der Waals surface area contributed by atoms with E-state index in [0.29, 0.717) is 5.02 Å². The number of carbonyl (C=O) groups excluding carboxylic acids is 2. The molecule has 8 heteroatoms.